The Bertz CT molecular complexity index is 567. The molecule has 0 saturated heterocycles. The third-order valence-corrected chi connectivity index (χ3v) is 3.48. The predicted molar refractivity (Wildman–Crippen MR) is 76.9 cm³/mol. The molecule has 2 aromatic carbocycles. The minimum atomic E-state index is 0.448. The Balaban J connectivity index is 2.21. The molecule has 0 spiro atoms. The lowest BCUT2D eigenvalue weighted by Crippen LogP contribution is -1.99. The fourth-order valence-corrected chi connectivity index (χ4v) is 2.27. The van der Waals surface area contributed by atoms with Gasteiger partial charge in [-0.2, -0.15) is 0 Å². The van der Waals surface area contributed by atoms with E-state index >= 15 is 0 Å². The average Bonchev–Trinajstić information content (AvgIpc) is 2.46. The van der Waals surface area contributed by atoms with E-state index in [-0.39, 0.29) is 0 Å². The number of ether oxygens (including phenoxy) is 2. The van der Waals surface area contributed by atoms with E-state index in [0.29, 0.717) is 28.1 Å². The number of hydrogen-bond donors (Lipinski definition) is 0. The Labute approximate surface area is 120 Å². The van der Waals surface area contributed by atoms with Crippen LogP contribution in [0.15, 0.2) is 46.9 Å². The number of carbonyl (C=O) groups is 1. The zero-order valence-corrected chi connectivity index (χ0v) is 12.0. The first kappa shape index (κ1) is 13.6. The molecule has 0 aliphatic heterocycles. The van der Waals surface area contributed by atoms with Crippen molar-refractivity contribution >= 4 is 22.2 Å². The van der Waals surface area contributed by atoms with Crippen LogP contribution in [0.4, 0.5) is 0 Å². The van der Waals surface area contributed by atoms with Crippen LogP contribution >= 0.6 is 15.9 Å². The molecule has 0 aromatic heterocycles. The van der Waals surface area contributed by atoms with Gasteiger partial charge in [-0.1, -0.05) is 30.3 Å². The van der Waals surface area contributed by atoms with E-state index in [1.54, 1.807) is 19.2 Å². The van der Waals surface area contributed by atoms with Gasteiger partial charge in [-0.25, -0.2) is 0 Å². The van der Waals surface area contributed by atoms with Gasteiger partial charge in [0.2, 0.25) is 0 Å². The average molecular weight is 321 g/mol. The smallest absolute Gasteiger partial charge is 0.175 e. The first-order chi connectivity index (χ1) is 9.26. The summed E-state index contributed by atoms with van der Waals surface area (Å²) in [6.45, 7) is 0.448. The van der Waals surface area contributed by atoms with Crippen molar-refractivity contribution in [1.29, 1.82) is 0 Å². The minimum absolute atomic E-state index is 0.448. The largest absolute Gasteiger partial charge is 0.492 e. The molecule has 0 aliphatic carbocycles. The fraction of sp³-hybridized carbons (Fsp3) is 0.133. The van der Waals surface area contributed by atoms with Gasteiger partial charge in [0.15, 0.2) is 17.8 Å². The quantitative estimate of drug-likeness (QED) is 0.785. The summed E-state index contributed by atoms with van der Waals surface area (Å²) in [7, 11) is 1.55. The van der Waals surface area contributed by atoms with Crippen molar-refractivity contribution in [2.24, 2.45) is 0 Å². The summed E-state index contributed by atoms with van der Waals surface area (Å²) < 4.78 is 11.6. The van der Waals surface area contributed by atoms with E-state index in [2.05, 4.69) is 15.9 Å². The lowest BCUT2D eigenvalue weighted by atomic mass is 10.2. The van der Waals surface area contributed by atoms with Crippen LogP contribution in [0.3, 0.4) is 0 Å². The molecule has 0 bridgehead atoms. The summed E-state index contributed by atoms with van der Waals surface area (Å²) in [6.07, 6.45) is 0.771. The molecule has 0 radical (unpaired) electrons. The third kappa shape index (κ3) is 3.15. The molecule has 2 rings (SSSR count). The highest BCUT2D eigenvalue weighted by Crippen LogP contribution is 2.37. The first-order valence-electron chi connectivity index (χ1n) is 5.74. The maximum atomic E-state index is 10.9. The molecule has 0 unspecified atom stereocenters. The molecule has 2 aromatic rings. The molecule has 0 heterocycles. The van der Waals surface area contributed by atoms with Crippen LogP contribution in [0.25, 0.3) is 0 Å². The standard InChI is InChI=1S/C15H13BrO3/c1-18-15-13(8-7-12(9-17)14(15)16)19-10-11-5-3-2-4-6-11/h2-9H,10H2,1H3. The van der Waals surface area contributed by atoms with Crippen molar-refractivity contribution in [3.05, 3.63) is 58.1 Å². The maximum Gasteiger partial charge on any atom is 0.175 e. The van der Waals surface area contributed by atoms with Crippen molar-refractivity contribution in [3.63, 3.8) is 0 Å². The molecule has 4 heteroatoms. The van der Waals surface area contributed by atoms with Gasteiger partial charge >= 0.3 is 0 Å². The van der Waals surface area contributed by atoms with Gasteiger partial charge in [0.05, 0.1) is 11.6 Å². The zero-order valence-electron chi connectivity index (χ0n) is 10.4. The monoisotopic (exact) mass is 320 g/mol. The lowest BCUT2D eigenvalue weighted by molar-refractivity contribution is 0.112. The molecule has 19 heavy (non-hydrogen) atoms. The van der Waals surface area contributed by atoms with Gasteiger partial charge < -0.3 is 9.47 Å². The van der Waals surface area contributed by atoms with Crippen LogP contribution in [0, 0.1) is 0 Å². The van der Waals surface area contributed by atoms with Crippen molar-refractivity contribution in [1.82, 2.24) is 0 Å². The fourth-order valence-electron chi connectivity index (χ4n) is 1.68. The second-order valence-electron chi connectivity index (χ2n) is 3.89. The van der Waals surface area contributed by atoms with Crippen LogP contribution < -0.4 is 9.47 Å². The lowest BCUT2D eigenvalue weighted by Gasteiger charge is -2.13. The van der Waals surface area contributed by atoms with Gasteiger partial charge in [-0.3, -0.25) is 4.79 Å². The summed E-state index contributed by atoms with van der Waals surface area (Å²) in [5.74, 6) is 1.13. The van der Waals surface area contributed by atoms with Crippen LogP contribution in [0.1, 0.15) is 15.9 Å². The summed E-state index contributed by atoms with van der Waals surface area (Å²) >= 11 is 3.34. The van der Waals surface area contributed by atoms with Crippen LogP contribution in [0.5, 0.6) is 11.5 Å². The van der Waals surface area contributed by atoms with E-state index in [4.69, 9.17) is 9.47 Å². The topological polar surface area (TPSA) is 35.5 Å². The highest BCUT2D eigenvalue weighted by molar-refractivity contribution is 9.10. The molecule has 0 fully saturated rings. The molecule has 98 valence electrons. The second kappa shape index (κ2) is 6.38. The number of rotatable bonds is 5. The van der Waals surface area contributed by atoms with E-state index in [1.807, 2.05) is 30.3 Å². The number of halogens is 1. The third-order valence-electron chi connectivity index (χ3n) is 2.66. The molecule has 0 N–H and O–H groups in total. The van der Waals surface area contributed by atoms with Gasteiger partial charge in [0, 0.05) is 5.56 Å². The van der Waals surface area contributed by atoms with Crippen LogP contribution in [0.2, 0.25) is 0 Å². The Morgan fingerprint density at radius 1 is 1.16 bits per heavy atom. The van der Waals surface area contributed by atoms with Crippen molar-refractivity contribution in [2.45, 2.75) is 6.61 Å². The van der Waals surface area contributed by atoms with E-state index in [0.717, 1.165) is 11.8 Å². The Morgan fingerprint density at radius 3 is 2.53 bits per heavy atom. The van der Waals surface area contributed by atoms with E-state index < -0.39 is 0 Å². The number of hydrogen-bond acceptors (Lipinski definition) is 3. The van der Waals surface area contributed by atoms with E-state index in [9.17, 15) is 4.79 Å². The Morgan fingerprint density at radius 2 is 1.89 bits per heavy atom. The summed E-state index contributed by atoms with van der Waals surface area (Å²) in [5, 5.41) is 0. The van der Waals surface area contributed by atoms with Crippen molar-refractivity contribution in [3.8, 4) is 11.5 Å². The molecule has 0 atom stereocenters. The number of benzene rings is 2. The normalized spacial score (nSPS) is 10.0. The SMILES string of the molecule is COc1c(OCc2ccccc2)ccc(C=O)c1Br. The molecule has 3 nitrogen and oxygen atoms in total. The maximum absolute atomic E-state index is 10.9. The number of aldehydes is 1. The highest BCUT2D eigenvalue weighted by atomic mass is 79.9. The highest BCUT2D eigenvalue weighted by Gasteiger charge is 2.12. The van der Waals surface area contributed by atoms with Gasteiger partial charge in [-0.15, -0.1) is 0 Å². The zero-order chi connectivity index (χ0) is 13.7. The summed E-state index contributed by atoms with van der Waals surface area (Å²) in [4.78, 5) is 10.9. The van der Waals surface area contributed by atoms with E-state index in [1.165, 1.54) is 0 Å². The summed E-state index contributed by atoms with van der Waals surface area (Å²) in [6, 6.07) is 13.3. The Hall–Kier alpha value is -1.81. The first-order valence-corrected chi connectivity index (χ1v) is 6.54. The van der Waals surface area contributed by atoms with Gasteiger partial charge in [0.1, 0.15) is 6.61 Å². The summed E-state index contributed by atoms with van der Waals surface area (Å²) in [5.41, 5.74) is 1.60. The van der Waals surface area contributed by atoms with Gasteiger partial charge in [0.25, 0.3) is 0 Å². The number of methoxy groups -OCH3 is 1. The predicted octanol–water partition coefficient (Wildman–Crippen LogP) is 3.85. The van der Waals surface area contributed by atoms with Crippen molar-refractivity contribution < 1.29 is 14.3 Å². The second-order valence-corrected chi connectivity index (χ2v) is 4.69. The molecular weight excluding hydrogens is 308 g/mol. The minimum Gasteiger partial charge on any atom is -0.492 e. The number of carbonyl (C=O) groups excluding carboxylic acids is 1. The molecule has 0 amide bonds. The van der Waals surface area contributed by atoms with Gasteiger partial charge in [-0.05, 0) is 33.6 Å². The van der Waals surface area contributed by atoms with Crippen LogP contribution in [-0.4, -0.2) is 13.4 Å². The molecule has 0 saturated carbocycles. The van der Waals surface area contributed by atoms with Crippen molar-refractivity contribution in [2.75, 3.05) is 7.11 Å². The van der Waals surface area contributed by atoms with Crippen LogP contribution in [-0.2, 0) is 6.61 Å². The molecular formula is C15H13BrO3. The Kier molecular flexibility index (Phi) is 4.58. The molecule has 0 aliphatic rings.